The van der Waals surface area contributed by atoms with Crippen molar-refractivity contribution in [1.29, 1.82) is 0 Å². The highest BCUT2D eigenvalue weighted by atomic mass is 16.4. The molecule has 0 aliphatic heterocycles. The van der Waals surface area contributed by atoms with Gasteiger partial charge in [-0.05, 0) is 30.5 Å². The number of rotatable bonds is 8. The number of aryl methyl sites for hydroxylation is 2. The monoisotopic (exact) mass is 402 g/mol. The van der Waals surface area contributed by atoms with Crippen molar-refractivity contribution in [2.75, 3.05) is 0 Å². The van der Waals surface area contributed by atoms with Crippen LogP contribution in [0.3, 0.4) is 0 Å². The van der Waals surface area contributed by atoms with Gasteiger partial charge < -0.3 is 14.7 Å². The summed E-state index contributed by atoms with van der Waals surface area (Å²) in [5.41, 5.74) is 4.53. The highest BCUT2D eigenvalue weighted by Gasteiger charge is 2.15. The molecule has 2 aromatic heterocycles. The number of carbonyl (C=O) groups excluding carboxylic acids is 1. The first-order chi connectivity index (χ1) is 14.6. The van der Waals surface area contributed by atoms with Crippen LogP contribution in [0.4, 0.5) is 0 Å². The highest BCUT2D eigenvalue weighted by Crippen LogP contribution is 2.21. The zero-order valence-corrected chi connectivity index (χ0v) is 17.3. The summed E-state index contributed by atoms with van der Waals surface area (Å²) in [7, 11) is 0. The Kier molecular flexibility index (Phi) is 5.93. The molecule has 0 unspecified atom stereocenters. The molecule has 1 amide bonds. The molecule has 2 N–H and O–H groups in total. The normalized spacial score (nSPS) is 12.2. The van der Waals surface area contributed by atoms with E-state index in [1.54, 1.807) is 0 Å². The lowest BCUT2D eigenvalue weighted by Gasteiger charge is -2.17. The molecule has 0 aliphatic rings. The first kappa shape index (κ1) is 19.9. The van der Waals surface area contributed by atoms with E-state index in [0.717, 1.165) is 28.5 Å². The lowest BCUT2D eigenvalue weighted by molar-refractivity contribution is -0.121. The van der Waals surface area contributed by atoms with Crippen molar-refractivity contribution in [1.82, 2.24) is 20.5 Å². The maximum absolute atomic E-state index is 12.4. The van der Waals surface area contributed by atoms with Gasteiger partial charge in [0.05, 0.1) is 12.5 Å². The van der Waals surface area contributed by atoms with Crippen molar-refractivity contribution < 1.29 is 9.21 Å². The fraction of sp³-hybridized carbons (Fsp3) is 0.292. The molecule has 0 spiro atoms. The van der Waals surface area contributed by atoms with Crippen LogP contribution in [0.2, 0.25) is 0 Å². The Balaban J connectivity index is 1.32. The fourth-order valence-electron chi connectivity index (χ4n) is 3.61. The maximum atomic E-state index is 12.4. The summed E-state index contributed by atoms with van der Waals surface area (Å²) in [5.74, 6) is 1.03. The van der Waals surface area contributed by atoms with Crippen molar-refractivity contribution in [3.05, 3.63) is 83.2 Å². The van der Waals surface area contributed by atoms with E-state index < -0.39 is 0 Å². The van der Waals surface area contributed by atoms with Crippen molar-refractivity contribution in [3.63, 3.8) is 0 Å². The topological polar surface area (TPSA) is 83.8 Å². The van der Waals surface area contributed by atoms with E-state index in [1.165, 1.54) is 5.56 Å². The van der Waals surface area contributed by atoms with Gasteiger partial charge in [0.2, 0.25) is 17.7 Å². The minimum atomic E-state index is -0.0150. The lowest BCUT2D eigenvalue weighted by atomic mass is 10.0. The van der Waals surface area contributed by atoms with Crippen LogP contribution < -0.4 is 5.32 Å². The molecule has 4 aromatic rings. The van der Waals surface area contributed by atoms with Crippen LogP contribution in [-0.2, 0) is 17.6 Å². The molecule has 2 heterocycles. The Morgan fingerprint density at radius 1 is 1.10 bits per heavy atom. The summed E-state index contributed by atoms with van der Waals surface area (Å²) in [6.07, 6.45) is 4.12. The zero-order chi connectivity index (χ0) is 20.9. The standard InChI is InChI=1S/C24H26N4O2/c1-3-20(17-10-8-16(2)9-11-17)26-22(29)12-13-23-27-28-24(30-23)14-18-15-25-21-7-5-4-6-19(18)21/h4-11,15,20,25H,3,12-14H2,1-2H3,(H,26,29)/t20-/m1/s1. The van der Waals surface area contributed by atoms with E-state index in [2.05, 4.69) is 64.7 Å². The van der Waals surface area contributed by atoms with Gasteiger partial charge in [0.25, 0.3) is 0 Å². The highest BCUT2D eigenvalue weighted by molar-refractivity contribution is 5.83. The van der Waals surface area contributed by atoms with Crippen LogP contribution in [0.1, 0.15) is 54.3 Å². The summed E-state index contributed by atoms with van der Waals surface area (Å²) >= 11 is 0. The van der Waals surface area contributed by atoms with Crippen LogP contribution in [0.5, 0.6) is 0 Å². The smallest absolute Gasteiger partial charge is 0.221 e. The molecule has 4 rings (SSSR count). The number of aromatic amines is 1. The molecule has 0 fully saturated rings. The Labute approximate surface area is 175 Å². The van der Waals surface area contributed by atoms with E-state index in [-0.39, 0.29) is 11.9 Å². The van der Waals surface area contributed by atoms with Gasteiger partial charge in [-0.15, -0.1) is 10.2 Å². The molecule has 6 heteroatoms. The van der Waals surface area contributed by atoms with E-state index in [9.17, 15) is 4.79 Å². The van der Waals surface area contributed by atoms with Crippen LogP contribution in [0, 0.1) is 6.92 Å². The number of para-hydroxylation sites is 1. The van der Waals surface area contributed by atoms with Crippen LogP contribution in [0.15, 0.2) is 59.1 Å². The Hall–Kier alpha value is -3.41. The number of nitrogens with one attached hydrogen (secondary N) is 2. The first-order valence-corrected chi connectivity index (χ1v) is 10.3. The molecule has 0 saturated heterocycles. The van der Waals surface area contributed by atoms with Crippen molar-refractivity contribution in [2.24, 2.45) is 0 Å². The van der Waals surface area contributed by atoms with Gasteiger partial charge in [-0.2, -0.15) is 0 Å². The Bertz CT molecular complexity index is 1130. The van der Waals surface area contributed by atoms with E-state index >= 15 is 0 Å². The predicted octanol–water partition coefficient (Wildman–Crippen LogP) is 4.65. The second-order valence-electron chi connectivity index (χ2n) is 7.56. The fourth-order valence-corrected chi connectivity index (χ4v) is 3.61. The summed E-state index contributed by atoms with van der Waals surface area (Å²) in [6.45, 7) is 4.13. The minimum absolute atomic E-state index is 0.0122. The summed E-state index contributed by atoms with van der Waals surface area (Å²) < 4.78 is 5.77. The number of aromatic nitrogens is 3. The third-order valence-electron chi connectivity index (χ3n) is 5.31. The van der Waals surface area contributed by atoms with Crippen LogP contribution in [-0.4, -0.2) is 21.1 Å². The molecule has 154 valence electrons. The van der Waals surface area contributed by atoms with Gasteiger partial charge >= 0.3 is 0 Å². The number of benzene rings is 2. The molecule has 30 heavy (non-hydrogen) atoms. The summed E-state index contributed by atoms with van der Waals surface area (Å²) in [6, 6.07) is 16.4. The van der Waals surface area contributed by atoms with Gasteiger partial charge in [0, 0.05) is 29.9 Å². The van der Waals surface area contributed by atoms with Crippen molar-refractivity contribution in [2.45, 2.75) is 45.6 Å². The molecular formula is C24H26N4O2. The molecule has 0 bridgehead atoms. The Morgan fingerprint density at radius 2 is 1.87 bits per heavy atom. The van der Waals surface area contributed by atoms with Crippen LogP contribution >= 0.6 is 0 Å². The van der Waals surface area contributed by atoms with Crippen molar-refractivity contribution >= 4 is 16.8 Å². The Morgan fingerprint density at radius 3 is 2.67 bits per heavy atom. The van der Waals surface area contributed by atoms with Gasteiger partial charge in [0.1, 0.15) is 0 Å². The molecule has 0 saturated carbocycles. The number of carbonyl (C=O) groups is 1. The second-order valence-corrected chi connectivity index (χ2v) is 7.56. The number of H-pyrrole nitrogens is 1. The number of fused-ring (bicyclic) bond motifs is 1. The van der Waals surface area contributed by atoms with Crippen LogP contribution in [0.25, 0.3) is 10.9 Å². The SMILES string of the molecule is CC[C@@H](NC(=O)CCc1nnc(Cc2c[nH]c3ccccc23)o1)c1ccc(C)cc1. The van der Waals surface area contributed by atoms with E-state index in [1.807, 2.05) is 24.4 Å². The predicted molar refractivity (Wildman–Crippen MR) is 116 cm³/mol. The number of hydrogen-bond donors (Lipinski definition) is 2. The molecule has 0 radical (unpaired) electrons. The number of hydrogen-bond acceptors (Lipinski definition) is 4. The minimum Gasteiger partial charge on any atom is -0.425 e. The largest absolute Gasteiger partial charge is 0.425 e. The van der Waals surface area contributed by atoms with Crippen molar-refractivity contribution in [3.8, 4) is 0 Å². The molecule has 6 nitrogen and oxygen atoms in total. The second kappa shape index (κ2) is 8.95. The number of nitrogens with zero attached hydrogens (tertiary/aromatic N) is 2. The van der Waals surface area contributed by atoms with Gasteiger partial charge in [0.15, 0.2) is 0 Å². The third-order valence-corrected chi connectivity index (χ3v) is 5.31. The quantitative estimate of drug-likeness (QED) is 0.449. The van der Waals surface area contributed by atoms with Gasteiger partial charge in [-0.25, -0.2) is 0 Å². The van der Waals surface area contributed by atoms with Gasteiger partial charge in [-0.3, -0.25) is 4.79 Å². The average Bonchev–Trinajstić information content (AvgIpc) is 3.39. The molecule has 1 atom stereocenters. The summed E-state index contributed by atoms with van der Waals surface area (Å²) in [4.78, 5) is 15.7. The number of amides is 1. The van der Waals surface area contributed by atoms with E-state index in [0.29, 0.717) is 31.0 Å². The molecular weight excluding hydrogens is 376 g/mol. The molecule has 0 aliphatic carbocycles. The maximum Gasteiger partial charge on any atom is 0.221 e. The van der Waals surface area contributed by atoms with E-state index in [4.69, 9.17) is 4.42 Å². The van der Waals surface area contributed by atoms with Gasteiger partial charge in [-0.1, -0.05) is 55.0 Å². The summed E-state index contributed by atoms with van der Waals surface area (Å²) in [5, 5.41) is 12.5. The third kappa shape index (κ3) is 4.59. The molecule has 2 aromatic carbocycles. The first-order valence-electron chi connectivity index (χ1n) is 10.3. The lowest BCUT2D eigenvalue weighted by Crippen LogP contribution is -2.28. The average molecular weight is 402 g/mol. The zero-order valence-electron chi connectivity index (χ0n) is 17.3.